The molecule has 3 aromatic heterocycles. The molecule has 3 aromatic rings. The van der Waals surface area contributed by atoms with Crippen LogP contribution in [0.1, 0.15) is 16.1 Å². The van der Waals surface area contributed by atoms with Crippen LogP contribution in [0.3, 0.4) is 0 Å². The molecule has 3 aliphatic rings. The number of piperazine rings is 1. The molecular formula is C25H30N10O2. The number of rotatable bonds is 4. The highest BCUT2D eigenvalue weighted by Crippen LogP contribution is 2.39. The van der Waals surface area contributed by atoms with E-state index in [1.165, 1.54) is 0 Å². The molecule has 2 N–H and O–H groups in total. The number of morpholine rings is 1. The van der Waals surface area contributed by atoms with Crippen LogP contribution in [-0.4, -0.2) is 107 Å². The zero-order valence-corrected chi connectivity index (χ0v) is 20.9. The molecule has 6 heterocycles. The SMILES string of the molecule is CN1CCN(C(=O)c2ccc(N3CCc4c(-c5cnc(N)nc5)nc(N5CCOCC5)nc43)cn2)CC1. The molecule has 0 spiro atoms. The summed E-state index contributed by atoms with van der Waals surface area (Å²) in [5.41, 5.74) is 9.72. The van der Waals surface area contributed by atoms with Crippen molar-refractivity contribution < 1.29 is 9.53 Å². The van der Waals surface area contributed by atoms with Gasteiger partial charge in [0.15, 0.2) is 0 Å². The molecule has 12 heteroatoms. The lowest BCUT2D eigenvalue weighted by atomic mass is 10.1. The van der Waals surface area contributed by atoms with Crippen molar-refractivity contribution in [2.45, 2.75) is 6.42 Å². The zero-order valence-electron chi connectivity index (χ0n) is 20.9. The summed E-state index contributed by atoms with van der Waals surface area (Å²) in [5, 5.41) is 0. The van der Waals surface area contributed by atoms with Gasteiger partial charge in [-0.05, 0) is 25.6 Å². The Morgan fingerprint density at radius 2 is 1.68 bits per heavy atom. The second-order valence-electron chi connectivity index (χ2n) is 9.50. The van der Waals surface area contributed by atoms with Gasteiger partial charge >= 0.3 is 0 Å². The van der Waals surface area contributed by atoms with Crippen LogP contribution in [0.4, 0.5) is 23.4 Å². The predicted molar refractivity (Wildman–Crippen MR) is 139 cm³/mol. The van der Waals surface area contributed by atoms with E-state index in [9.17, 15) is 4.79 Å². The van der Waals surface area contributed by atoms with Gasteiger partial charge in [0.2, 0.25) is 11.9 Å². The molecule has 1 amide bonds. The number of carbonyl (C=O) groups is 1. The number of fused-ring (bicyclic) bond motifs is 1. The van der Waals surface area contributed by atoms with Crippen molar-refractivity contribution in [3.05, 3.63) is 42.0 Å². The maximum absolute atomic E-state index is 13.0. The number of aromatic nitrogens is 5. The number of hydrogen-bond donors (Lipinski definition) is 1. The molecule has 0 aliphatic carbocycles. The maximum atomic E-state index is 13.0. The highest BCUT2D eigenvalue weighted by atomic mass is 16.5. The van der Waals surface area contributed by atoms with Crippen LogP contribution < -0.4 is 15.5 Å². The summed E-state index contributed by atoms with van der Waals surface area (Å²) in [6.07, 6.45) is 5.94. The number of anilines is 4. The van der Waals surface area contributed by atoms with E-state index < -0.39 is 0 Å². The molecule has 0 aromatic carbocycles. The molecule has 0 unspecified atom stereocenters. The average molecular weight is 503 g/mol. The first kappa shape index (κ1) is 23.5. The first-order valence-electron chi connectivity index (χ1n) is 12.6. The smallest absolute Gasteiger partial charge is 0.272 e. The highest BCUT2D eigenvalue weighted by molar-refractivity contribution is 5.92. The molecule has 0 saturated carbocycles. The molecule has 2 fully saturated rings. The van der Waals surface area contributed by atoms with Gasteiger partial charge in [-0.25, -0.2) is 19.9 Å². The summed E-state index contributed by atoms with van der Waals surface area (Å²) in [5.74, 6) is 1.68. The second kappa shape index (κ2) is 9.87. The Balaban J connectivity index is 1.32. The first-order chi connectivity index (χ1) is 18.1. The van der Waals surface area contributed by atoms with Crippen LogP contribution in [0.2, 0.25) is 0 Å². The summed E-state index contributed by atoms with van der Waals surface area (Å²) in [6.45, 7) is 6.64. The minimum Gasteiger partial charge on any atom is -0.378 e. The number of likely N-dealkylation sites (N-methyl/N-ethyl adjacent to an activating group) is 1. The number of pyridine rings is 1. The van der Waals surface area contributed by atoms with Gasteiger partial charge < -0.3 is 30.1 Å². The van der Waals surface area contributed by atoms with Gasteiger partial charge in [0, 0.05) is 69.3 Å². The lowest BCUT2D eigenvalue weighted by Gasteiger charge is -2.32. The van der Waals surface area contributed by atoms with Crippen molar-refractivity contribution in [3.8, 4) is 11.3 Å². The Hall–Kier alpha value is -3.90. The van der Waals surface area contributed by atoms with Gasteiger partial charge in [0.25, 0.3) is 5.91 Å². The number of amides is 1. The molecule has 6 rings (SSSR count). The molecule has 0 bridgehead atoms. The van der Waals surface area contributed by atoms with Crippen molar-refractivity contribution in [2.24, 2.45) is 0 Å². The van der Waals surface area contributed by atoms with Crippen molar-refractivity contribution in [2.75, 3.05) is 81.6 Å². The van der Waals surface area contributed by atoms with Gasteiger partial charge in [-0.15, -0.1) is 0 Å². The molecule has 37 heavy (non-hydrogen) atoms. The monoisotopic (exact) mass is 502 g/mol. The Kier molecular flexibility index (Phi) is 6.26. The number of carbonyl (C=O) groups excluding carboxylic acids is 1. The van der Waals surface area contributed by atoms with E-state index in [-0.39, 0.29) is 11.9 Å². The summed E-state index contributed by atoms with van der Waals surface area (Å²) >= 11 is 0. The Morgan fingerprint density at radius 1 is 0.919 bits per heavy atom. The van der Waals surface area contributed by atoms with Gasteiger partial charge in [0.1, 0.15) is 11.5 Å². The number of ether oxygens (including phenoxy) is 1. The summed E-state index contributed by atoms with van der Waals surface area (Å²) in [4.78, 5) is 44.2. The Labute approximate surface area is 215 Å². The normalized spacial score (nSPS) is 18.2. The molecule has 192 valence electrons. The van der Waals surface area contributed by atoms with Gasteiger partial charge in [0.05, 0.1) is 30.8 Å². The molecule has 3 aliphatic heterocycles. The third-order valence-corrected chi connectivity index (χ3v) is 7.12. The molecular weight excluding hydrogens is 472 g/mol. The van der Waals surface area contributed by atoms with E-state index in [1.54, 1.807) is 18.6 Å². The summed E-state index contributed by atoms with van der Waals surface area (Å²) in [6, 6.07) is 3.76. The van der Waals surface area contributed by atoms with Gasteiger partial charge in [-0.3, -0.25) is 4.79 Å². The molecule has 12 nitrogen and oxygen atoms in total. The lowest BCUT2D eigenvalue weighted by molar-refractivity contribution is 0.0658. The quantitative estimate of drug-likeness (QED) is 0.544. The third kappa shape index (κ3) is 4.65. The van der Waals surface area contributed by atoms with Crippen molar-refractivity contribution in [3.63, 3.8) is 0 Å². The number of hydrogen-bond acceptors (Lipinski definition) is 11. The van der Waals surface area contributed by atoms with Crippen LogP contribution >= 0.6 is 0 Å². The third-order valence-electron chi connectivity index (χ3n) is 7.12. The fourth-order valence-electron chi connectivity index (χ4n) is 4.94. The van der Waals surface area contributed by atoms with E-state index in [0.717, 1.165) is 80.6 Å². The average Bonchev–Trinajstić information content (AvgIpc) is 3.38. The van der Waals surface area contributed by atoms with Crippen molar-refractivity contribution in [1.29, 1.82) is 0 Å². The zero-order chi connectivity index (χ0) is 25.4. The van der Waals surface area contributed by atoms with Crippen LogP contribution in [0.5, 0.6) is 0 Å². The second-order valence-corrected chi connectivity index (χ2v) is 9.50. The topological polar surface area (TPSA) is 130 Å². The van der Waals surface area contributed by atoms with Crippen LogP contribution in [0, 0.1) is 0 Å². The van der Waals surface area contributed by atoms with E-state index in [4.69, 9.17) is 20.4 Å². The summed E-state index contributed by atoms with van der Waals surface area (Å²) in [7, 11) is 2.07. The fourth-order valence-corrected chi connectivity index (χ4v) is 4.94. The first-order valence-corrected chi connectivity index (χ1v) is 12.6. The summed E-state index contributed by atoms with van der Waals surface area (Å²) < 4.78 is 5.53. The lowest BCUT2D eigenvalue weighted by Crippen LogP contribution is -2.47. The molecule has 0 atom stereocenters. The largest absolute Gasteiger partial charge is 0.378 e. The van der Waals surface area contributed by atoms with Crippen molar-refractivity contribution in [1.82, 2.24) is 34.7 Å². The van der Waals surface area contributed by atoms with Crippen molar-refractivity contribution >= 4 is 29.3 Å². The van der Waals surface area contributed by atoms with E-state index >= 15 is 0 Å². The van der Waals surface area contributed by atoms with Crippen LogP contribution in [-0.2, 0) is 11.2 Å². The Morgan fingerprint density at radius 3 is 2.38 bits per heavy atom. The fraction of sp³-hybridized carbons (Fsp3) is 0.440. The van der Waals surface area contributed by atoms with Crippen LogP contribution in [0.25, 0.3) is 11.3 Å². The van der Waals surface area contributed by atoms with Crippen LogP contribution in [0.15, 0.2) is 30.7 Å². The minimum absolute atomic E-state index is 0.0240. The molecule has 2 saturated heterocycles. The standard InChI is InChI=1S/C25H30N10O2/c1-32-6-8-33(9-7-32)23(36)20-3-2-18(16-27-20)35-5-4-19-21(17-14-28-24(26)29-15-17)30-25(31-22(19)35)34-10-12-37-13-11-34/h2-3,14-16H,4-13H2,1H3,(H2,26,28,29). The molecule has 0 radical (unpaired) electrons. The number of nitrogens with zero attached hydrogens (tertiary/aromatic N) is 9. The van der Waals surface area contributed by atoms with Gasteiger partial charge in [-0.1, -0.05) is 0 Å². The van der Waals surface area contributed by atoms with E-state index in [1.807, 2.05) is 17.0 Å². The number of nitrogen functional groups attached to an aromatic ring is 1. The van der Waals surface area contributed by atoms with Gasteiger partial charge in [-0.2, -0.15) is 4.98 Å². The van der Waals surface area contributed by atoms with E-state index in [2.05, 4.69) is 36.7 Å². The van der Waals surface area contributed by atoms with E-state index in [0.29, 0.717) is 24.9 Å². The maximum Gasteiger partial charge on any atom is 0.272 e. The minimum atomic E-state index is -0.0240. The Bertz CT molecular complexity index is 1270. The highest BCUT2D eigenvalue weighted by Gasteiger charge is 2.30. The predicted octanol–water partition coefficient (Wildman–Crippen LogP) is 0.829. The number of nitrogens with two attached hydrogens (primary N) is 1.